The van der Waals surface area contributed by atoms with Crippen LogP contribution in [0.3, 0.4) is 0 Å². The van der Waals surface area contributed by atoms with Gasteiger partial charge in [0.15, 0.2) is 0 Å². The van der Waals surface area contributed by atoms with E-state index in [4.69, 9.17) is 9.31 Å². The van der Waals surface area contributed by atoms with Gasteiger partial charge in [0.25, 0.3) is 0 Å². The van der Waals surface area contributed by atoms with Gasteiger partial charge < -0.3 is 9.31 Å². The highest BCUT2D eigenvalue weighted by atomic mass is 16.6. The van der Waals surface area contributed by atoms with Gasteiger partial charge in [-0.1, -0.05) is 78.9 Å². The van der Waals surface area contributed by atoms with Crippen LogP contribution in [0.2, 0.25) is 0 Å². The first-order valence-electron chi connectivity index (χ1n) is 7.43. The minimum Gasteiger partial charge on any atom is -0.532 e. The third-order valence-corrected chi connectivity index (χ3v) is 3.87. The smallest absolute Gasteiger partial charge is 0.532 e. The summed E-state index contributed by atoms with van der Waals surface area (Å²) in [6.07, 6.45) is -0.114. The van der Waals surface area contributed by atoms with Gasteiger partial charge in [0.1, 0.15) is 5.75 Å². The van der Waals surface area contributed by atoms with Gasteiger partial charge in [-0.25, -0.2) is 0 Å². The molecule has 1 atom stereocenters. The van der Waals surface area contributed by atoms with Crippen molar-refractivity contribution in [1.82, 2.24) is 0 Å². The zero-order valence-electron chi connectivity index (χ0n) is 12.1. The topological polar surface area (TPSA) is 18.5 Å². The van der Waals surface area contributed by atoms with Crippen LogP contribution in [-0.2, 0) is 4.65 Å². The molecule has 0 aromatic heterocycles. The molecule has 106 valence electrons. The minimum absolute atomic E-state index is 0.114. The number of rotatable bonds is 2. The lowest BCUT2D eigenvalue weighted by Crippen LogP contribution is -2.43. The zero-order valence-corrected chi connectivity index (χ0v) is 12.1. The van der Waals surface area contributed by atoms with Gasteiger partial charge in [0.05, 0.1) is 6.10 Å². The molecule has 0 amide bonds. The molecular formula is C19H15BO2. The van der Waals surface area contributed by atoms with E-state index in [2.05, 4.69) is 18.2 Å². The van der Waals surface area contributed by atoms with Crippen LogP contribution in [0.5, 0.6) is 5.75 Å². The molecule has 0 saturated carbocycles. The van der Waals surface area contributed by atoms with Gasteiger partial charge in [0.2, 0.25) is 0 Å². The minimum atomic E-state index is -0.388. The average molecular weight is 286 g/mol. The molecule has 1 heterocycles. The second-order valence-electron chi connectivity index (χ2n) is 5.33. The SMILES string of the molecule is c1ccc(B2Oc3ccccc3C(c3ccccc3)O2)cc1. The number of para-hydroxylation sites is 1. The van der Waals surface area contributed by atoms with Crippen LogP contribution in [0.1, 0.15) is 17.2 Å². The summed E-state index contributed by atoms with van der Waals surface area (Å²) in [7, 11) is -0.388. The van der Waals surface area contributed by atoms with Crippen LogP contribution >= 0.6 is 0 Å². The molecule has 0 aliphatic carbocycles. The summed E-state index contributed by atoms with van der Waals surface area (Å²) in [4.78, 5) is 0. The van der Waals surface area contributed by atoms with Crippen molar-refractivity contribution in [3.8, 4) is 5.75 Å². The van der Waals surface area contributed by atoms with Crippen molar-refractivity contribution in [1.29, 1.82) is 0 Å². The largest absolute Gasteiger partial charge is 0.563 e. The summed E-state index contributed by atoms with van der Waals surface area (Å²) in [5.41, 5.74) is 3.23. The Labute approximate surface area is 130 Å². The van der Waals surface area contributed by atoms with Crippen molar-refractivity contribution in [3.05, 3.63) is 96.1 Å². The van der Waals surface area contributed by atoms with Gasteiger partial charge in [0, 0.05) is 5.56 Å². The molecule has 1 aliphatic heterocycles. The summed E-state index contributed by atoms with van der Waals surface area (Å²) in [5, 5.41) is 0. The molecule has 0 fully saturated rings. The van der Waals surface area contributed by atoms with Crippen molar-refractivity contribution in [2.45, 2.75) is 6.10 Å². The first-order valence-corrected chi connectivity index (χ1v) is 7.43. The Morgan fingerprint density at radius 3 is 2.09 bits per heavy atom. The molecule has 0 radical (unpaired) electrons. The van der Waals surface area contributed by atoms with E-state index in [0.29, 0.717) is 0 Å². The molecular weight excluding hydrogens is 271 g/mol. The Kier molecular flexibility index (Phi) is 3.41. The van der Waals surface area contributed by atoms with Crippen LogP contribution in [0, 0.1) is 0 Å². The van der Waals surface area contributed by atoms with Crippen LogP contribution in [0.15, 0.2) is 84.9 Å². The number of benzene rings is 3. The van der Waals surface area contributed by atoms with Gasteiger partial charge in [-0.3, -0.25) is 0 Å². The maximum Gasteiger partial charge on any atom is 0.563 e. The van der Waals surface area contributed by atoms with Gasteiger partial charge in [-0.05, 0) is 17.1 Å². The Morgan fingerprint density at radius 1 is 0.682 bits per heavy atom. The van der Waals surface area contributed by atoms with E-state index in [1.165, 1.54) is 0 Å². The van der Waals surface area contributed by atoms with E-state index >= 15 is 0 Å². The molecule has 0 saturated heterocycles. The van der Waals surface area contributed by atoms with Crippen molar-refractivity contribution in [2.75, 3.05) is 0 Å². The Morgan fingerprint density at radius 2 is 1.32 bits per heavy atom. The normalized spacial score (nSPS) is 16.7. The highest BCUT2D eigenvalue weighted by Gasteiger charge is 2.35. The lowest BCUT2D eigenvalue weighted by atomic mass is 9.76. The second kappa shape index (κ2) is 5.70. The molecule has 0 N–H and O–H groups in total. The first kappa shape index (κ1) is 13.2. The quantitative estimate of drug-likeness (QED) is 0.670. The Balaban J connectivity index is 1.77. The van der Waals surface area contributed by atoms with E-state index in [1.54, 1.807) is 0 Å². The summed E-state index contributed by atoms with van der Waals surface area (Å²) < 4.78 is 12.3. The second-order valence-corrected chi connectivity index (χ2v) is 5.33. The monoisotopic (exact) mass is 286 g/mol. The van der Waals surface area contributed by atoms with E-state index in [1.807, 2.05) is 66.7 Å². The van der Waals surface area contributed by atoms with Crippen LogP contribution in [0.4, 0.5) is 0 Å². The predicted molar refractivity (Wildman–Crippen MR) is 88.3 cm³/mol. The van der Waals surface area contributed by atoms with Crippen molar-refractivity contribution in [2.24, 2.45) is 0 Å². The fourth-order valence-electron chi connectivity index (χ4n) is 2.79. The van der Waals surface area contributed by atoms with Gasteiger partial charge >= 0.3 is 7.12 Å². The Bertz CT molecular complexity index is 759. The highest BCUT2D eigenvalue weighted by molar-refractivity contribution is 6.62. The Hall–Kier alpha value is -2.52. The number of hydrogen-bond donors (Lipinski definition) is 0. The molecule has 3 aromatic rings. The third kappa shape index (κ3) is 2.40. The van der Waals surface area contributed by atoms with Crippen molar-refractivity contribution in [3.63, 3.8) is 0 Å². The molecule has 3 heteroatoms. The number of hydrogen-bond acceptors (Lipinski definition) is 2. The van der Waals surface area contributed by atoms with Crippen LogP contribution < -0.4 is 10.1 Å². The molecule has 22 heavy (non-hydrogen) atoms. The van der Waals surface area contributed by atoms with Crippen LogP contribution in [0.25, 0.3) is 0 Å². The lowest BCUT2D eigenvalue weighted by molar-refractivity contribution is 0.191. The maximum absolute atomic E-state index is 6.26. The third-order valence-electron chi connectivity index (χ3n) is 3.87. The fourth-order valence-corrected chi connectivity index (χ4v) is 2.79. The van der Waals surface area contributed by atoms with Crippen molar-refractivity contribution >= 4 is 12.6 Å². The summed E-state index contributed by atoms with van der Waals surface area (Å²) in [6.45, 7) is 0. The summed E-state index contributed by atoms with van der Waals surface area (Å²) in [6, 6.07) is 28.4. The molecule has 0 bridgehead atoms. The molecule has 2 nitrogen and oxygen atoms in total. The molecule has 3 aromatic carbocycles. The zero-order chi connectivity index (χ0) is 14.8. The maximum atomic E-state index is 6.26. The molecule has 1 aliphatic rings. The summed E-state index contributed by atoms with van der Waals surface area (Å²) >= 11 is 0. The van der Waals surface area contributed by atoms with E-state index in [-0.39, 0.29) is 13.2 Å². The molecule has 4 rings (SSSR count). The highest BCUT2D eigenvalue weighted by Crippen LogP contribution is 2.37. The lowest BCUT2D eigenvalue weighted by Gasteiger charge is -2.31. The van der Waals surface area contributed by atoms with Gasteiger partial charge in [-0.2, -0.15) is 0 Å². The van der Waals surface area contributed by atoms with Crippen LogP contribution in [-0.4, -0.2) is 7.12 Å². The predicted octanol–water partition coefficient (Wildman–Crippen LogP) is 3.58. The first-order chi connectivity index (χ1) is 10.9. The average Bonchev–Trinajstić information content (AvgIpc) is 2.62. The fraction of sp³-hybridized carbons (Fsp3) is 0.0526. The molecule has 0 spiro atoms. The van der Waals surface area contributed by atoms with E-state index in [9.17, 15) is 0 Å². The summed E-state index contributed by atoms with van der Waals surface area (Å²) in [5.74, 6) is 0.886. The van der Waals surface area contributed by atoms with Crippen molar-refractivity contribution < 1.29 is 9.31 Å². The van der Waals surface area contributed by atoms with E-state index < -0.39 is 0 Å². The van der Waals surface area contributed by atoms with E-state index in [0.717, 1.165) is 22.3 Å². The standard InChI is InChI=1S/C19H15BO2/c1-3-9-15(10-4-1)19-17-13-7-8-14-18(17)21-20(22-19)16-11-5-2-6-12-16/h1-14,19H. The van der Waals surface area contributed by atoms with Gasteiger partial charge in [-0.15, -0.1) is 0 Å². The molecule has 1 unspecified atom stereocenters. The number of fused-ring (bicyclic) bond motifs is 1.